The number of hydrogen-bond donors (Lipinski definition) is 1. The number of aromatic nitrogens is 1. The van der Waals surface area contributed by atoms with Crippen LogP contribution in [0.5, 0.6) is 0 Å². The molecule has 0 spiro atoms. The van der Waals surface area contributed by atoms with Gasteiger partial charge in [-0.15, -0.1) is 17.8 Å². The molecule has 0 amide bonds. The van der Waals surface area contributed by atoms with Crippen LogP contribution in [0, 0.1) is 18.3 Å². The lowest BCUT2D eigenvalue weighted by Gasteiger charge is -2.37. The summed E-state index contributed by atoms with van der Waals surface area (Å²) < 4.78 is 0. The Labute approximate surface area is 137 Å². The van der Waals surface area contributed by atoms with E-state index in [-0.39, 0.29) is 0 Å². The number of hydrogen-bond acceptors (Lipinski definition) is 5. The minimum Gasteiger partial charge on any atom is -0.383 e. The van der Waals surface area contributed by atoms with Crippen molar-refractivity contribution in [1.82, 2.24) is 14.8 Å². The van der Waals surface area contributed by atoms with Crippen molar-refractivity contribution in [2.24, 2.45) is 5.92 Å². The molecule has 22 heavy (non-hydrogen) atoms. The van der Waals surface area contributed by atoms with Gasteiger partial charge in [0.25, 0.3) is 0 Å². The van der Waals surface area contributed by atoms with Gasteiger partial charge in [0.05, 0.1) is 18.8 Å². The molecule has 1 aliphatic carbocycles. The van der Waals surface area contributed by atoms with Crippen LogP contribution in [-0.2, 0) is 12.1 Å². The Morgan fingerprint density at radius 3 is 2.86 bits per heavy atom. The molecule has 0 bridgehead atoms. The lowest BCUT2D eigenvalue weighted by molar-refractivity contribution is -0.0297. The highest BCUT2D eigenvalue weighted by atomic mass is 32.1. The van der Waals surface area contributed by atoms with E-state index in [0.29, 0.717) is 6.54 Å². The second kappa shape index (κ2) is 6.67. The molecule has 1 saturated heterocycles. The topological polar surface area (TPSA) is 39.6 Å². The fourth-order valence-corrected chi connectivity index (χ4v) is 4.03. The van der Waals surface area contributed by atoms with E-state index in [1.54, 1.807) is 11.3 Å². The van der Waals surface area contributed by atoms with Crippen LogP contribution in [0.3, 0.4) is 0 Å². The summed E-state index contributed by atoms with van der Waals surface area (Å²) in [7, 11) is 1.99. The fraction of sp³-hybridized carbons (Fsp3) is 0.706. The molecule has 3 rings (SSSR count). The molecule has 2 heterocycles. The third kappa shape index (κ3) is 3.88. The Bertz CT molecular complexity index is 538. The normalized spacial score (nSPS) is 21.9. The van der Waals surface area contributed by atoms with E-state index in [0.717, 1.165) is 49.1 Å². The molecule has 1 aromatic heterocycles. The molecule has 1 aromatic rings. The van der Waals surface area contributed by atoms with E-state index >= 15 is 0 Å². The third-order valence-electron chi connectivity index (χ3n) is 4.69. The van der Waals surface area contributed by atoms with Gasteiger partial charge in [0, 0.05) is 25.0 Å². The highest BCUT2D eigenvalue weighted by molar-refractivity contribution is 7.09. The zero-order valence-corrected chi connectivity index (χ0v) is 14.1. The number of terminal acetylenes is 1. The first-order valence-electron chi connectivity index (χ1n) is 8.11. The SMILES string of the molecule is C#CCN(C)Cc1nc(C2(O)CCN(CC3CC3)CC2)cs1. The van der Waals surface area contributed by atoms with Crippen LogP contribution in [0.15, 0.2) is 5.38 Å². The van der Waals surface area contributed by atoms with Crippen molar-refractivity contribution in [2.45, 2.75) is 37.8 Å². The van der Waals surface area contributed by atoms with Crippen LogP contribution in [0.25, 0.3) is 0 Å². The van der Waals surface area contributed by atoms with E-state index < -0.39 is 5.60 Å². The largest absolute Gasteiger partial charge is 0.383 e. The van der Waals surface area contributed by atoms with Gasteiger partial charge in [-0.2, -0.15) is 0 Å². The van der Waals surface area contributed by atoms with Gasteiger partial charge < -0.3 is 10.0 Å². The van der Waals surface area contributed by atoms with E-state index in [2.05, 4.69) is 20.7 Å². The fourth-order valence-electron chi connectivity index (χ4n) is 3.07. The van der Waals surface area contributed by atoms with E-state index in [1.165, 1.54) is 19.4 Å². The average Bonchev–Trinajstić information content (AvgIpc) is 3.18. The molecule has 1 aliphatic heterocycles. The standard InChI is InChI=1S/C17H25N3OS/c1-3-8-19(2)12-16-18-15(13-22-16)17(21)6-9-20(10-7-17)11-14-4-5-14/h1,13-14,21H,4-12H2,2H3. The lowest BCUT2D eigenvalue weighted by atomic mass is 9.88. The molecule has 5 heteroatoms. The summed E-state index contributed by atoms with van der Waals surface area (Å²) >= 11 is 1.62. The van der Waals surface area contributed by atoms with Gasteiger partial charge in [0.15, 0.2) is 0 Å². The highest BCUT2D eigenvalue weighted by Crippen LogP contribution is 2.36. The monoisotopic (exact) mass is 319 g/mol. The maximum absolute atomic E-state index is 10.9. The molecule has 4 nitrogen and oxygen atoms in total. The number of rotatable bonds is 6. The highest BCUT2D eigenvalue weighted by Gasteiger charge is 2.37. The van der Waals surface area contributed by atoms with Crippen molar-refractivity contribution in [3.8, 4) is 12.3 Å². The predicted molar refractivity (Wildman–Crippen MR) is 89.6 cm³/mol. The Balaban J connectivity index is 1.56. The van der Waals surface area contributed by atoms with Gasteiger partial charge in [-0.3, -0.25) is 4.90 Å². The summed E-state index contributed by atoms with van der Waals surface area (Å²) in [5.41, 5.74) is 0.118. The summed E-state index contributed by atoms with van der Waals surface area (Å²) in [5, 5.41) is 14.0. The summed E-state index contributed by atoms with van der Waals surface area (Å²) in [6.45, 7) is 4.55. The number of nitrogens with zero attached hydrogens (tertiary/aromatic N) is 3. The zero-order chi connectivity index (χ0) is 15.6. The van der Waals surface area contributed by atoms with Crippen LogP contribution in [-0.4, -0.2) is 53.1 Å². The Morgan fingerprint density at radius 2 is 2.23 bits per heavy atom. The third-order valence-corrected chi connectivity index (χ3v) is 5.53. The quantitative estimate of drug-likeness (QED) is 0.813. The minimum atomic E-state index is -0.737. The Kier molecular flexibility index (Phi) is 4.84. The van der Waals surface area contributed by atoms with Gasteiger partial charge in [0.1, 0.15) is 10.6 Å². The van der Waals surface area contributed by atoms with Crippen molar-refractivity contribution >= 4 is 11.3 Å². The minimum absolute atomic E-state index is 0.620. The lowest BCUT2D eigenvalue weighted by Crippen LogP contribution is -2.43. The first-order valence-corrected chi connectivity index (χ1v) is 8.98. The van der Waals surface area contributed by atoms with Crippen molar-refractivity contribution in [3.63, 3.8) is 0 Å². The molecular weight excluding hydrogens is 294 g/mol. The van der Waals surface area contributed by atoms with Gasteiger partial charge in [0.2, 0.25) is 0 Å². The first kappa shape index (κ1) is 15.9. The van der Waals surface area contributed by atoms with Gasteiger partial charge in [-0.05, 0) is 38.6 Å². The van der Waals surface area contributed by atoms with Crippen molar-refractivity contribution in [3.05, 3.63) is 16.1 Å². The van der Waals surface area contributed by atoms with Crippen molar-refractivity contribution in [1.29, 1.82) is 0 Å². The summed E-state index contributed by atoms with van der Waals surface area (Å²) in [6, 6.07) is 0. The molecule has 0 radical (unpaired) electrons. The summed E-state index contributed by atoms with van der Waals surface area (Å²) in [6.07, 6.45) is 9.69. The smallest absolute Gasteiger partial charge is 0.110 e. The predicted octanol–water partition coefficient (Wildman–Crippen LogP) is 1.90. The molecule has 1 N–H and O–H groups in total. The van der Waals surface area contributed by atoms with Crippen LogP contribution in [0.2, 0.25) is 0 Å². The Morgan fingerprint density at radius 1 is 1.50 bits per heavy atom. The molecule has 2 fully saturated rings. The van der Waals surface area contributed by atoms with Crippen LogP contribution >= 0.6 is 11.3 Å². The second-order valence-electron chi connectivity index (χ2n) is 6.78. The number of thiazole rings is 1. The van der Waals surface area contributed by atoms with Gasteiger partial charge in [-0.1, -0.05) is 5.92 Å². The number of likely N-dealkylation sites (tertiary alicyclic amines) is 1. The van der Waals surface area contributed by atoms with Crippen molar-refractivity contribution in [2.75, 3.05) is 33.2 Å². The molecule has 0 unspecified atom stereocenters. The molecular formula is C17H25N3OS. The van der Waals surface area contributed by atoms with Crippen LogP contribution in [0.1, 0.15) is 36.4 Å². The molecule has 1 saturated carbocycles. The van der Waals surface area contributed by atoms with Gasteiger partial charge in [-0.25, -0.2) is 4.98 Å². The van der Waals surface area contributed by atoms with Crippen LogP contribution < -0.4 is 0 Å². The zero-order valence-electron chi connectivity index (χ0n) is 13.3. The molecule has 120 valence electrons. The summed E-state index contributed by atoms with van der Waals surface area (Å²) in [4.78, 5) is 9.23. The van der Waals surface area contributed by atoms with E-state index in [1.807, 2.05) is 12.4 Å². The molecule has 0 atom stereocenters. The second-order valence-corrected chi connectivity index (χ2v) is 7.72. The van der Waals surface area contributed by atoms with Crippen molar-refractivity contribution < 1.29 is 5.11 Å². The number of piperidine rings is 1. The maximum atomic E-state index is 10.9. The molecule has 0 aromatic carbocycles. The van der Waals surface area contributed by atoms with Crippen LogP contribution in [0.4, 0.5) is 0 Å². The van der Waals surface area contributed by atoms with E-state index in [4.69, 9.17) is 6.42 Å². The summed E-state index contributed by atoms with van der Waals surface area (Å²) in [5.74, 6) is 3.56. The maximum Gasteiger partial charge on any atom is 0.110 e. The number of aliphatic hydroxyl groups is 1. The first-order chi connectivity index (χ1) is 10.6. The molecule has 2 aliphatic rings. The van der Waals surface area contributed by atoms with Gasteiger partial charge >= 0.3 is 0 Å². The average molecular weight is 319 g/mol. The Hall–Kier alpha value is -0.930. The van der Waals surface area contributed by atoms with E-state index in [9.17, 15) is 5.11 Å².